The molecule has 148 valence electrons. The maximum atomic E-state index is 14.4. The number of carbonyl (C=O) groups excluding carboxylic acids is 2. The van der Waals surface area contributed by atoms with E-state index in [1.807, 2.05) is 11.0 Å². The van der Waals surface area contributed by atoms with E-state index in [0.29, 0.717) is 48.2 Å². The largest absolute Gasteiger partial charge is 0.366 e. The van der Waals surface area contributed by atoms with Crippen molar-refractivity contribution in [1.82, 2.24) is 9.88 Å². The lowest BCUT2D eigenvalue weighted by atomic mass is 10.1. The molecule has 4 rings (SSSR count). The summed E-state index contributed by atoms with van der Waals surface area (Å²) in [5, 5.41) is 1.25. The first-order valence-corrected chi connectivity index (χ1v) is 9.41. The highest BCUT2D eigenvalue weighted by molar-refractivity contribution is 5.96. The third-order valence-electron chi connectivity index (χ3n) is 5.25. The molecule has 0 radical (unpaired) electrons. The fraction of sp³-hybridized carbons (Fsp3) is 0.227. The number of halogens is 1. The summed E-state index contributed by atoms with van der Waals surface area (Å²) < 4.78 is 14.4. The van der Waals surface area contributed by atoms with Gasteiger partial charge in [-0.2, -0.15) is 0 Å². The molecule has 1 aliphatic rings. The number of H-pyrrole nitrogens is 1. The molecule has 2 heterocycles. The molecule has 0 saturated carbocycles. The van der Waals surface area contributed by atoms with Crippen LogP contribution in [0.25, 0.3) is 10.8 Å². The molecule has 1 aliphatic heterocycles. The van der Waals surface area contributed by atoms with Crippen molar-refractivity contribution in [2.45, 2.75) is 6.92 Å². The Hall–Kier alpha value is -3.48. The lowest BCUT2D eigenvalue weighted by Crippen LogP contribution is -2.49. The minimum Gasteiger partial charge on any atom is -0.366 e. The lowest BCUT2D eigenvalue weighted by molar-refractivity contribution is 0.0740. The van der Waals surface area contributed by atoms with Crippen molar-refractivity contribution in [3.05, 3.63) is 76.0 Å². The SMILES string of the molecule is CC(=O)c1ccc(N2CCN(C(=O)c3cc4ccccc4c(=O)[nH]3)CC2)c(F)c1. The van der Waals surface area contributed by atoms with E-state index in [9.17, 15) is 18.8 Å². The van der Waals surface area contributed by atoms with Gasteiger partial charge in [-0.1, -0.05) is 18.2 Å². The normalized spacial score (nSPS) is 14.3. The number of benzene rings is 2. The Labute approximate surface area is 166 Å². The minimum absolute atomic E-state index is 0.185. The second-order valence-electron chi connectivity index (χ2n) is 7.10. The quantitative estimate of drug-likeness (QED) is 0.695. The molecular weight excluding hydrogens is 373 g/mol. The van der Waals surface area contributed by atoms with Crippen LogP contribution in [0.15, 0.2) is 53.3 Å². The van der Waals surface area contributed by atoms with Crippen LogP contribution in [0.2, 0.25) is 0 Å². The van der Waals surface area contributed by atoms with Crippen LogP contribution in [0.1, 0.15) is 27.8 Å². The smallest absolute Gasteiger partial charge is 0.270 e. The molecule has 0 unspecified atom stereocenters. The van der Waals surface area contributed by atoms with Crippen LogP contribution in [-0.2, 0) is 0 Å². The van der Waals surface area contributed by atoms with Crippen molar-refractivity contribution >= 4 is 28.2 Å². The lowest BCUT2D eigenvalue weighted by Gasteiger charge is -2.36. The Balaban J connectivity index is 1.49. The standard InChI is InChI=1S/C22H20FN3O3/c1-14(27)15-6-7-20(18(23)12-15)25-8-10-26(11-9-25)22(29)19-13-16-4-2-3-5-17(16)21(28)24-19/h2-7,12-13H,8-11H2,1H3,(H,24,28). The van der Waals surface area contributed by atoms with Gasteiger partial charge in [-0.25, -0.2) is 4.39 Å². The number of nitrogens with zero attached hydrogens (tertiary/aromatic N) is 2. The number of ketones is 1. The molecule has 1 saturated heterocycles. The second kappa shape index (κ2) is 7.50. The van der Waals surface area contributed by atoms with Gasteiger partial charge < -0.3 is 14.8 Å². The fourth-order valence-electron chi connectivity index (χ4n) is 3.63. The number of piperazine rings is 1. The van der Waals surface area contributed by atoms with Crippen LogP contribution in [0.3, 0.4) is 0 Å². The number of Topliss-reactive ketones (excluding diaryl/α,β-unsaturated/α-hetero) is 1. The van der Waals surface area contributed by atoms with Gasteiger partial charge in [-0.15, -0.1) is 0 Å². The summed E-state index contributed by atoms with van der Waals surface area (Å²) in [6.07, 6.45) is 0. The van der Waals surface area contributed by atoms with Crippen LogP contribution in [0, 0.1) is 5.82 Å². The predicted octanol–water partition coefficient (Wildman–Crippen LogP) is 2.83. The zero-order chi connectivity index (χ0) is 20.5. The van der Waals surface area contributed by atoms with Gasteiger partial charge in [0.25, 0.3) is 11.5 Å². The summed E-state index contributed by atoms with van der Waals surface area (Å²) in [5.74, 6) is -0.883. The van der Waals surface area contributed by atoms with E-state index < -0.39 is 5.82 Å². The van der Waals surface area contributed by atoms with Crippen molar-refractivity contribution < 1.29 is 14.0 Å². The summed E-state index contributed by atoms with van der Waals surface area (Å²) in [5.41, 5.74) is 0.707. The van der Waals surface area contributed by atoms with Crippen LogP contribution < -0.4 is 10.5 Å². The maximum absolute atomic E-state index is 14.4. The Morgan fingerprint density at radius 1 is 1.00 bits per heavy atom. The Kier molecular flexibility index (Phi) is 4.88. The molecule has 0 atom stereocenters. The zero-order valence-electron chi connectivity index (χ0n) is 15.9. The fourth-order valence-corrected chi connectivity index (χ4v) is 3.63. The van der Waals surface area contributed by atoms with Gasteiger partial charge in [0.15, 0.2) is 5.78 Å². The summed E-state index contributed by atoms with van der Waals surface area (Å²) >= 11 is 0. The van der Waals surface area contributed by atoms with Crippen molar-refractivity contribution in [3.8, 4) is 0 Å². The van der Waals surface area contributed by atoms with E-state index >= 15 is 0 Å². The van der Waals surface area contributed by atoms with E-state index in [0.717, 1.165) is 0 Å². The average Bonchev–Trinajstić information content (AvgIpc) is 2.73. The molecule has 0 bridgehead atoms. The van der Waals surface area contributed by atoms with E-state index in [4.69, 9.17) is 0 Å². The van der Waals surface area contributed by atoms with E-state index in [1.165, 1.54) is 13.0 Å². The van der Waals surface area contributed by atoms with Crippen molar-refractivity contribution in [2.75, 3.05) is 31.1 Å². The van der Waals surface area contributed by atoms with E-state index in [2.05, 4.69) is 4.98 Å². The number of nitrogens with one attached hydrogen (secondary N) is 1. The summed E-state index contributed by atoms with van der Waals surface area (Å²) in [6, 6.07) is 13.3. The summed E-state index contributed by atoms with van der Waals surface area (Å²) in [7, 11) is 0. The van der Waals surface area contributed by atoms with Gasteiger partial charge in [0.1, 0.15) is 11.5 Å². The van der Waals surface area contributed by atoms with Crippen LogP contribution >= 0.6 is 0 Å². The number of aromatic amines is 1. The van der Waals surface area contributed by atoms with Crippen molar-refractivity contribution in [2.24, 2.45) is 0 Å². The number of amides is 1. The molecule has 3 aromatic rings. The molecule has 6 nitrogen and oxygen atoms in total. The van der Waals surface area contributed by atoms with Crippen LogP contribution in [0.4, 0.5) is 10.1 Å². The monoisotopic (exact) mass is 393 g/mol. The summed E-state index contributed by atoms with van der Waals surface area (Å²) in [4.78, 5) is 42.6. The molecule has 7 heteroatoms. The third kappa shape index (κ3) is 3.63. The van der Waals surface area contributed by atoms with Gasteiger partial charge in [-0.05, 0) is 42.6 Å². The molecular formula is C22H20FN3O3. The third-order valence-corrected chi connectivity index (χ3v) is 5.25. The number of anilines is 1. The topological polar surface area (TPSA) is 73.5 Å². The Morgan fingerprint density at radius 2 is 1.72 bits per heavy atom. The molecule has 29 heavy (non-hydrogen) atoms. The van der Waals surface area contributed by atoms with Crippen LogP contribution in [0.5, 0.6) is 0 Å². The van der Waals surface area contributed by atoms with E-state index in [1.54, 1.807) is 41.3 Å². The van der Waals surface area contributed by atoms with Gasteiger partial charge in [0.05, 0.1) is 5.69 Å². The van der Waals surface area contributed by atoms with Gasteiger partial charge in [0, 0.05) is 37.1 Å². The van der Waals surface area contributed by atoms with Crippen molar-refractivity contribution in [3.63, 3.8) is 0 Å². The first kappa shape index (κ1) is 18.9. The predicted molar refractivity (Wildman–Crippen MR) is 109 cm³/mol. The highest BCUT2D eigenvalue weighted by Gasteiger charge is 2.24. The molecule has 1 aromatic heterocycles. The van der Waals surface area contributed by atoms with Gasteiger partial charge in [0.2, 0.25) is 0 Å². The van der Waals surface area contributed by atoms with E-state index in [-0.39, 0.29) is 22.9 Å². The number of carbonyl (C=O) groups is 2. The van der Waals surface area contributed by atoms with Crippen molar-refractivity contribution in [1.29, 1.82) is 0 Å². The maximum Gasteiger partial charge on any atom is 0.270 e. The summed E-state index contributed by atoms with van der Waals surface area (Å²) in [6.45, 7) is 3.12. The molecule has 1 N–H and O–H groups in total. The Morgan fingerprint density at radius 3 is 2.41 bits per heavy atom. The molecule has 2 aromatic carbocycles. The molecule has 1 amide bonds. The number of hydrogen-bond donors (Lipinski definition) is 1. The number of fused-ring (bicyclic) bond motifs is 1. The number of hydrogen-bond acceptors (Lipinski definition) is 4. The van der Waals surface area contributed by atoms with Gasteiger partial charge >= 0.3 is 0 Å². The Bertz CT molecular complexity index is 1160. The number of rotatable bonds is 3. The molecule has 1 fully saturated rings. The first-order valence-electron chi connectivity index (χ1n) is 9.41. The van der Waals surface area contributed by atoms with Crippen LogP contribution in [-0.4, -0.2) is 47.8 Å². The number of aromatic nitrogens is 1. The minimum atomic E-state index is -0.448. The highest BCUT2D eigenvalue weighted by atomic mass is 19.1. The second-order valence-corrected chi connectivity index (χ2v) is 7.10. The molecule has 0 spiro atoms. The highest BCUT2D eigenvalue weighted by Crippen LogP contribution is 2.23. The number of pyridine rings is 1. The van der Waals surface area contributed by atoms with Gasteiger partial charge in [-0.3, -0.25) is 14.4 Å². The average molecular weight is 393 g/mol. The zero-order valence-corrected chi connectivity index (χ0v) is 15.9. The first-order chi connectivity index (χ1) is 13.9. The molecule has 0 aliphatic carbocycles.